The smallest absolute Gasteiger partial charge is 0.256 e. The van der Waals surface area contributed by atoms with E-state index in [2.05, 4.69) is 10.3 Å². The van der Waals surface area contributed by atoms with E-state index >= 15 is 0 Å². The lowest BCUT2D eigenvalue weighted by Crippen LogP contribution is -2.07. The van der Waals surface area contributed by atoms with E-state index in [0.29, 0.717) is 17.5 Å². The normalized spacial score (nSPS) is 10.8. The molecule has 0 radical (unpaired) electrons. The van der Waals surface area contributed by atoms with Gasteiger partial charge in [0.15, 0.2) is 0 Å². The highest BCUT2D eigenvalue weighted by atomic mass is 16.1. The van der Waals surface area contributed by atoms with Crippen LogP contribution in [0, 0.1) is 0 Å². The van der Waals surface area contributed by atoms with Crippen LogP contribution in [0.1, 0.15) is 5.69 Å². The van der Waals surface area contributed by atoms with Crippen molar-refractivity contribution in [1.29, 1.82) is 0 Å². The highest BCUT2D eigenvalue weighted by Crippen LogP contribution is 2.10. The van der Waals surface area contributed by atoms with E-state index < -0.39 is 0 Å². The van der Waals surface area contributed by atoms with E-state index in [1.54, 1.807) is 12.1 Å². The number of pyridine rings is 1. The number of nitrogens with one attached hydrogen (secondary N) is 2. The molecule has 1 aromatic heterocycles. The van der Waals surface area contributed by atoms with E-state index in [4.69, 9.17) is 0 Å². The van der Waals surface area contributed by atoms with Gasteiger partial charge in [0.1, 0.15) is 0 Å². The first-order valence-corrected chi connectivity index (χ1v) is 4.79. The number of hydrogen-bond donors (Lipinski definition) is 2. The maximum absolute atomic E-state index is 11.7. The molecule has 2 aromatic rings. The number of carbonyl (C=O) groups excluding carboxylic acids is 1. The molecule has 0 atom stereocenters. The Balaban J connectivity index is 2.50. The van der Waals surface area contributed by atoms with Gasteiger partial charge in [-0.25, -0.2) is 0 Å². The minimum absolute atomic E-state index is 0.135. The minimum atomic E-state index is -0.135. The molecule has 16 heavy (non-hydrogen) atoms. The van der Waals surface area contributed by atoms with E-state index in [1.165, 1.54) is 6.20 Å². The maximum atomic E-state index is 11.7. The van der Waals surface area contributed by atoms with Crippen LogP contribution in [0.5, 0.6) is 0 Å². The molecule has 1 amide bonds. The molecule has 0 aliphatic heterocycles. The number of rotatable bonds is 3. The molecule has 0 bridgehead atoms. The zero-order valence-corrected chi connectivity index (χ0v) is 8.44. The molecule has 2 N–H and O–H groups in total. The van der Waals surface area contributed by atoms with Crippen LogP contribution < -0.4 is 10.9 Å². The van der Waals surface area contributed by atoms with Gasteiger partial charge in [0.25, 0.3) is 5.56 Å². The lowest BCUT2D eigenvalue weighted by Gasteiger charge is -1.98. The molecule has 4 heteroatoms. The summed E-state index contributed by atoms with van der Waals surface area (Å²) in [7, 11) is 0. The quantitative estimate of drug-likeness (QED) is 0.755. The topological polar surface area (TPSA) is 62.0 Å². The Bertz CT molecular complexity index is 599. The number of H-pyrrole nitrogens is 1. The third-order valence-corrected chi connectivity index (χ3v) is 2.20. The second-order valence-corrected chi connectivity index (χ2v) is 3.26. The fraction of sp³-hybridized carbons (Fsp3) is 0. The lowest BCUT2D eigenvalue weighted by molar-refractivity contribution is -0.108. The summed E-state index contributed by atoms with van der Waals surface area (Å²) in [5.74, 6) is 0. The van der Waals surface area contributed by atoms with Crippen LogP contribution in [-0.4, -0.2) is 11.4 Å². The Morgan fingerprint density at radius 2 is 2.06 bits per heavy atom. The van der Waals surface area contributed by atoms with Gasteiger partial charge in [-0.3, -0.25) is 9.59 Å². The van der Waals surface area contributed by atoms with Crippen molar-refractivity contribution in [2.45, 2.75) is 0 Å². The average Bonchev–Trinajstić information content (AvgIpc) is 2.30. The standard InChI is InChI=1S/C12H10N2O2/c15-8-13-6-5-10-7-9-3-1-2-4-11(9)12(16)14-10/h1-8H,(H,13,15)(H,14,16)/b6-5+. The molecule has 1 heterocycles. The van der Waals surface area contributed by atoms with Crippen LogP contribution in [0.25, 0.3) is 16.8 Å². The molecular weight excluding hydrogens is 204 g/mol. The molecule has 0 aliphatic carbocycles. The zero-order valence-electron chi connectivity index (χ0n) is 8.44. The van der Waals surface area contributed by atoms with Crippen LogP contribution in [0.3, 0.4) is 0 Å². The van der Waals surface area contributed by atoms with Crippen molar-refractivity contribution in [2.24, 2.45) is 0 Å². The fourth-order valence-electron chi connectivity index (χ4n) is 1.50. The van der Waals surface area contributed by atoms with Crippen LogP contribution >= 0.6 is 0 Å². The molecule has 0 fully saturated rings. The number of fused-ring (bicyclic) bond motifs is 1. The Labute approximate surface area is 91.6 Å². The number of benzene rings is 1. The van der Waals surface area contributed by atoms with Crippen molar-refractivity contribution in [3.05, 3.63) is 52.6 Å². The Kier molecular flexibility index (Phi) is 2.82. The van der Waals surface area contributed by atoms with Crippen molar-refractivity contribution in [2.75, 3.05) is 0 Å². The van der Waals surface area contributed by atoms with Gasteiger partial charge < -0.3 is 10.3 Å². The van der Waals surface area contributed by atoms with Gasteiger partial charge in [0.05, 0.1) is 0 Å². The lowest BCUT2D eigenvalue weighted by atomic mass is 10.1. The van der Waals surface area contributed by atoms with E-state index in [1.807, 2.05) is 24.3 Å². The largest absolute Gasteiger partial charge is 0.335 e. The Hall–Kier alpha value is -2.36. The first-order valence-electron chi connectivity index (χ1n) is 4.79. The predicted molar refractivity (Wildman–Crippen MR) is 62.8 cm³/mol. The third kappa shape index (κ3) is 2.00. The molecule has 0 saturated carbocycles. The summed E-state index contributed by atoms with van der Waals surface area (Å²) in [6.45, 7) is 0. The number of carbonyl (C=O) groups is 1. The van der Waals surface area contributed by atoms with Crippen molar-refractivity contribution < 1.29 is 4.79 Å². The molecule has 0 aliphatic rings. The summed E-state index contributed by atoms with van der Waals surface area (Å²) in [6, 6.07) is 9.18. The summed E-state index contributed by atoms with van der Waals surface area (Å²) in [5, 5.41) is 3.91. The molecule has 80 valence electrons. The van der Waals surface area contributed by atoms with Gasteiger partial charge in [-0.05, 0) is 23.6 Å². The Morgan fingerprint density at radius 3 is 2.88 bits per heavy atom. The summed E-state index contributed by atoms with van der Waals surface area (Å²) in [5.41, 5.74) is 0.516. The molecule has 0 saturated heterocycles. The summed E-state index contributed by atoms with van der Waals surface area (Å²) < 4.78 is 0. The first-order chi connectivity index (χ1) is 7.81. The van der Waals surface area contributed by atoms with Crippen molar-refractivity contribution in [1.82, 2.24) is 10.3 Å². The zero-order chi connectivity index (χ0) is 11.4. The van der Waals surface area contributed by atoms with Crippen molar-refractivity contribution >= 4 is 23.3 Å². The summed E-state index contributed by atoms with van der Waals surface area (Å²) >= 11 is 0. The summed E-state index contributed by atoms with van der Waals surface area (Å²) in [4.78, 5) is 24.4. The molecule has 2 rings (SSSR count). The van der Waals surface area contributed by atoms with Crippen LogP contribution in [0.4, 0.5) is 0 Å². The number of amides is 1. The molecular formula is C12H10N2O2. The predicted octanol–water partition coefficient (Wildman–Crippen LogP) is 1.24. The Morgan fingerprint density at radius 1 is 1.25 bits per heavy atom. The average molecular weight is 214 g/mol. The van der Waals surface area contributed by atoms with Gasteiger partial charge in [-0.1, -0.05) is 18.2 Å². The van der Waals surface area contributed by atoms with Crippen LogP contribution in [0.15, 0.2) is 41.3 Å². The molecule has 1 aromatic carbocycles. The van der Waals surface area contributed by atoms with Crippen LogP contribution in [0.2, 0.25) is 0 Å². The second kappa shape index (κ2) is 4.44. The van der Waals surface area contributed by atoms with Crippen molar-refractivity contribution in [3.63, 3.8) is 0 Å². The van der Waals surface area contributed by atoms with E-state index in [0.717, 1.165) is 5.39 Å². The van der Waals surface area contributed by atoms with Gasteiger partial charge in [0, 0.05) is 17.3 Å². The second-order valence-electron chi connectivity index (χ2n) is 3.26. The molecule has 0 unspecified atom stereocenters. The third-order valence-electron chi connectivity index (χ3n) is 2.20. The van der Waals surface area contributed by atoms with Gasteiger partial charge in [0.2, 0.25) is 6.41 Å². The fourth-order valence-corrected chi connectivity index (χ4v) is 1.50. The molecule has 4 nitrogen and oxygen atoms in total. The van der Waals surface area contributed by atoms with Gasteiger partial charge in [-0.15, -0.1) is 0 Å². The maximum Gasteiger partial charge on any atom is 0.256 e. The van der Waals surface area contributed by atoms with Crippen molar-refractivity contribution in [3.8, 4) is 0 Å². The number of hydrogen-bond acceptors (Lipinski definition) is 2. The molecule has 0 spiro atoms. The first kappa shape index (κ1) is 10.2. The highest BCUT2D eigenvalue weighted by Gasteiger charge is 1.98. The number of aromatic nitrogens is 1. The minimum Gasteiger partial charge on any atom is -0.335 e. The summed E-state index contributed by atoms with van der Waals surface area (Å²) in [6.07, 6.45) is 3.66. The van der Waals surface area contributed by atoms with Crippen LogP contribution in [-0.2, 0) is 4.79 Å². The van der Waals surface area contributed by atoms with E-state index in [9.17, 15) is 9.59 Å². The van der Waals surface area contributed by atoms with Gasteiger partial charge >= 0.3 is 0 Å². The van der Waals surface area contributed by atoms with E-state index in [-0.39, 0.29) is 5.56 Å². The van der Waals surface area contributed by atoms with Gasteiger partial charge in [-0.2, -0.15) is 0 Å². The highest BCUT2D eigenvalue weighted by molar-refractivity contribution is 5.82. The monoisotopic (exact) mass is 214 g/mol. The SMILES string of the molecule is O=CN/C=C/c1cc2ccccc2c(=O)[nH]1. The number of aromatic amines is 1.